The van der Waals surface area contributed by atoms with Crippen LogP contribution in [0.5, 0.6) is 0 Å². The first-order valence-corrected chi connectivity index (χ1v) is 3.75. The average Bonchev–Trinajstić information content (AvgIpc) is 2.04. The number of carbonyl (C=O) groups excluding carboxylic acids is 1. The van der Waals surface area contributed by atoms with Crippen molar-refractivity contribution in [1.82, 2.24) is 0 Å². The highest BCUT2D eigenvalue weighted by molar-refractivity contribution is 6.32. The smallest absolute Gasteiger partial charge is 0.183 e. The second kappa shape index (κ2) is 6.02. The minimum Gasteiger partial charge on any atom is -0.370 e. The molecule has 0 bridgehead atoms. The van der Waals surface area contributed by atoms with Gasteiger partial charge in [-0.15, -0.1) is 0 Å². The first-order valence-electron chi connectivity index (χ1n) is 3.37. The van der Waals surface area contributed by atoms with E-state index < -0.39 is 0 Å². The van der Waals surface area contributed by atoms with Gasteiger partial charge in [-0.1, -0.05) is 29.8 Å². The number of hydrogen-bond donors (Lipinski definition) is 3. The van der Waals surface area contributed by atoms with Gasteiger partial charge >= 0.3 is 0 Å². The summed E-state index contributed by atoms with van der Waals surface area (Å²) >= 11 is 5.59. The zero-order valence-corrected chi connectivity index (χ0v) is 7.58. The van der Waals surface area contributed by atoms with E-state index in [4.69, 9.17) is 17.0 Å². The van der Waals surface area contributed by atoms with Gasteiger partial charge in [0.25, 0.3) is 0 Å². The number of aldehydes is 1. The van der Waals surface area contributed by atoms with Crippen molar-refractivity contribution >= 4 is 23.8 Å². The normalized spacial score (nSPS) is 8.08. The van der Waals surface area contributed by atoms with Crippen molar-refractivity contribution in [2.75, 3.05) is 0 Å². The highest BCUT2D eigenvalue weighted by Gasteiger charge is 1.92. The standard InChI is InChI=1S/C7H5ClO.CH5N3/c8-7-4-2-1-3-6(7)5-9;2-1(3)4/h1-5H;(H5,2,3,4). The molecule has 0 aliphatic carbocycles. The summed E-state index contributed by atoms with van der Waals surface area (Å²) in [5.74, 6) is -0.333. The lowest BCUT2D eigenvalue weighted by Crippen LogP contribution is -2.20. The molecule has 4 nitrogen and oxygen atoms in total. The fourth-order valence-electron chi connectivity index (χ4n) is 0.571. The zero-order chi connectivity index (χ0) is 10.3. The Morgan fingerprint density at radius 3 is 2.15 bits per heavy atom. The number of nitrogens with two attached hydrogens (primary N) is 2. The van der Waals surface area contributed by atoms with Crippen LogP contribution in [0.4, 0.5) is 0 Å². The number of carbonyl (C=O) groups is 1. The second-order valence-electron chi connectivity index (χ2n) is 2.09. The van der Waals surface area contributed by atoms with E-state index in [9.17, 15) is 4.79 Å². The molecule has 0 heterocycles. The van der Waals surface area contributed by atoms with E-state index in [-0.39, 0.29) is 5.96 Å². The third-order valence-electron chi connectivity index (χ3n) is 1.03. The van der Waals surface area contributed by atoms with E-state index in [1.165, 1.54) is 0 Å². The van der Waals surface area contributed by atoms with E-state index in [0.717, 1.165) is 6.29 Å². The van der Waals surface area contributed by atoms with Crippen molar-refractivity contribution in [1.29, 1.82) is 5.41 Å². The van der Waals surface area contributed by atoms with Gasteiger partial charge in [0.05, 0.1) is 5.02 Å². The Labute approximate surface area is 81.0 Å². The molecule has 1 aromatic rings. The van der Waals surface area contributed by atoms with Crippen LogP contribution in [0.25, 0.3) is 0 Å². The van der Waals surface area contributed by atoms with Crippen molar-refractivity contribution in [3.8, 4) is 0 Å². The van der Waals surface area contributed by atoms with Gasteiger partial charge in [-0.3, -0.25) is 10.2 Å². The van der Waals surface area contributed by atoms with Crippen LogP contribution in [0.1, 0.15) is 10.4 Å². The van der Waals surface area contributed by atoms with Crippen LogP contribution < -0.4 is 11.5 Å². The topological polar surface area (TPSA) is 93.0 Å². The molecule has 0 saturated heterocycles. The van der Waals surface area contributed by atoms with E-state index in [2.05, 4.69) is 11.5 Å². The van der Waals surface area contributed by atoms with Gasteiger partial charge in [-0.05, 0) is 6.07 Å². The summed E-state index contributed by atoms with van der Waals surface area (Å²) in [4.78, 5) is 10.1. The molecule has 0 unspecified atom stereocenters. The molecule has 1 aromatic carbocycles. The van der Waals surface area contributed by atoms with Crippen LogP contribution >= 0.6 is 11.6 Å². The van der Waals surface area contributed by atoms with E-state index >= 15 is 0 Å². The van der Waals surface area contributed by atoms with Crippen LogP contribution in [0.15, 0.2) is 24.3 Å². The fourth-order valence-corrected chi connectivity index (χ4v) is 0.751. The molecule has 0 fully saturated rings. The van der Waals surface area contributed by atoms with Crippen molar-refractivity contribution in [2.24, 2.45) is 11.5 Å². The summed E-state index contributed by atoms with van der Waals surface area (Å²) in [6, 6.07) is 6.92. The Bertz CT molecular complexity index is 297. The minimum absolute atomic E-state index is 0.333. The molecule has 0 atom stereocenters. The summed E-state index contributed by atoms with van der Waals surface area (Å²) in [5.41, 5.74) is 9.49. The average molecular weight is 200 g/mol. The van der Waals surface area contributed by atoms with Gasteiger partial charge in [-0.25, -0.2) is 0 Å². The van der Waals surface area contributed by atoms with E-state index in [1.54, 1.807) is 24.3 Å². The van der Waals surface area contributed by atoms with Crippen molar-refractivity contribution in [3.63, 3.8) is 0 Å². The van der Waals surface area contributed by atoms with Crippen molar-refractivity contribution < 1.29 is 4.79 Å². The number of guanidine groups is 1. The Hall–Kier alpha value is -1.55. The summed E-state index contributed by atoms with van der Waals surface area (Å²) in [6.07, 6.45) is 0.738. The van der Waals surface area contributed by atoms with E-state index in [1.807, 2.05) is 0 Å². The fraction of sp³-hybridized carbons (Fsp3) is 0. The first kappa shape index (κ1) is 11.4. The maximum atomic E-state index is 10.1. The summed E-state index contributed by atoms with van der Waals surface area (Å²) in [5, 5.41) is 6.56. The maximum Gasteiger partial charge on any atom is 0.183 e. The molecule has 13 heavy (non-hydrogen) atoms. The predicted octanol–water partition coefficient (Wildman–Crippen LogP) is 0.991. The van der Waals surface area contributed by atoms with Crippen LogP contribution in [0, 0.1) is 5.41 Å². The van der Waals surface area contributed by atoms with Gasteiger partial charge in [-0.2, -0.15) is 0 Å². The third-order valence-corrected chi connectivity index (χ3v) is 1.38. The molecule has 0 aliphatic heterocycles. The van der Waals surface area contributed by atoms with Gasteiger partial charge in [0.1, 0.15) is 0 Å². The first-order chi connectivity index (χ1) is 6.07. The Balaban J connectivity index is 0.000000310. The quantitative estimate of drug-likeness (QED) is 0.358. The molecule has 0 spiro atoms. The molecule has 5 heteroatoms. The van der Waals surface area contributed by atoms with E-state index in [0.29, 0.717) is 10.6 Å². The molecule has 0 amide bonds. The van der Waals surface area contributed by atoms with Gasteiger partial charge in [0.2, 0.25) is 0 Å². The lowest BCUT2D eigenvalue weighted by Gasteiger charge is -1.90. The van der Waals surface area contributed by atoms with Crippen LogP contribution in [-0.4, -0.2) is 12.2 Å². The maximum absolute atomic E-state index is 10.1. The highest BCUT2D eigenvalue weighted by atomic mass is 35.5. The number of hydrogen-bond acceptors (Lipinski definition) is 2. The molecular weight excluding hydrogens is 190 g/mol. The Kier molecular flexibility index (Phi) is 5.30. The summed E-state index contributed by atoms with van der Waals surface area (Å²) in [6.45, 7) is 0. The molecule has 0 radical (unpaired) electrons. The van der Waals surface area contributed by atoms with Gasteiger partial charge < -0.3 is 11.5 Å². The third kappa shape index (κ3) is 5.69. The van der Waals surface area contributed by atoms with Gasteiger partial charge in [0, 0.05) is 5.56 Å². The Morgan fingerprint density at radius 1 is 1.38 bits per heavy atom. The lowest BCUT2D eigenvalue weighted by molar-refractivity contribution is 0.112. The SMILES string of the molecule is N=C(N)N.O=Cc1ccccc1Cl. The van der Waals surface area contributed by atoms with Crippen molar-refractivity contribution in [2.45, 2.75) is 0 Å². The Morgan fingerprint density at radius 2 is 1.85 bits per heavy atom. The molecule has 0 aliphatic rings. The number of benzene rings is 1. The molecule has 0 saturated carbocycles. The summed E-state index contributed by atoms with van der Waals surface area (Å²) in [7, 11) is 0. The monoisotopic (exact) mass is 199 g/mol. The van der Waals surface area contributed by atoms with Gasteiger partial charge in [0.15, 0.2) is 12.2 Å². The molecular formula is C8H10ClN3O. The number of halogens is 1. The molecule has 0 aromatic heterocycles. The second-order valence-corrected chi connectivity index (χ2v) is 2.50. The van der Waals surface area contributed by atoms with Crippen molar-refractivity contribution in [3.05, 3.63) is 34.9 Å². The molecule has 1 rings (SSSR count). The molecule has 5 N–H and O–H groups in total. The number of rotatable bonds is 1. The zero-order valence-electron chi connectivity index (χ0n) is 6.83. The van der Waals surface area contributed by atoms with Crippen LogP contribution in [0.2, 0.25) is 5.02 Å². The largest absolute Gasteiger partial charge is 0.370 e. The van der Waals surface area contributed by atoms with Crippen LogP contribution in [-0.2, 0) is 0 Å². The van der Waals surface area contributed by atoms with Crippen LogP contribution in [0.3, 0.4) is 0 Å². The molecule has 70 valence electrons. The number of nitrogens with one attached hydrogen (secondary N) is 1. The summed E-state index contributed by atoms with van der Waals surface area (Å²) < 4.78 is 0. The lowest BCUT2D eigenvalue weighted by atomic mass is 10.2. The predicted molar refractivity (Wildman–Crippen MR) is 52.9 cm³/mol. The minimum atomic E-state index is -0.333. The highest BCUT2D eigenvalue weighted by Crippen LogP contribution is 2.11.